The molecule has 4 rings (SSSR count). The zero-order chi connectivity index (χ0) is 18.5. The summed E-state index contributed by atoms with van der Waals surface area (Å²) >= 11 is 0. The van der Waals surface area contributed by atoms with Crippen LogP contribution in [0, 0.1) is 28.6 Å². The third kappa shape index (κ3) is 2.52. The summed E-state index contributed by atoms with van der Waals surface area (Å²) in [7, 11) is 1.88. The second kappa shape index (κ2) is 6.48. The van der Waals surface area contributed by atoms with E-state index in [1.165, 1.54) is 37.7 Å². The summed E-state index contributed by atoms with van der Waals surface area (Å²) in [6, 6.07) is 0. The first-order valence-electron chi connectivity index (χ1n) is 10.6. The van der Waals surface area contributed by atoms with Crippen LogP contribution in [0.25, 0.3) is 0 Å². The van der Waals surface area contributed by atoms with Gasteiger partial charge in [-0.15, -0.1) is 0 Å². The van der Waals surface area contributed by atoms with E-state index in [0.29, 0.717) is 10.8 Å². The summed E-state index contributed by atoms with van der Waals surface area (Å²) < 4.78 is 0. The van der Waals surface area contributed by atoms with Crippen LogP contribution in [0.1, 0.15) is 65.7 Å². The Morgan fingerprint density at radius 3 is 2.62 bits per heavy atom. The van der Waals surface area contributed by atoms with Gasteiger partial charge in [0.25, 0.3) is 0 Å². The minimum absolute atomic E-state index is 0.106. The Labute approximate surface area is 159 Å². The highest BCUT2D eigenvalue weighted by Gasteiger charge is 2.56. The molecular formula is C24H35NO. The molecule has 2 heteroatoms. The second-order valence-corrected chi connectivity index (χ2v) is 9.60. The van der Waals surface area contributed by atoms with Crippen LogP contribution in [0.3, 0.4) is 0 Å². The minimum atomic E-state index is -0.106. The number of aliphatic imine (C=N–C) groups is 1. The van der Waals surface area contributed by atoms with Gasteiger partial charge in [-0.2, -0.15) is 0 Å². The molecule has 0 amide bonds. The minimum Gasteiger partial charge on any atom is -0.393 e. The van der Waals surface area contributed by atoms with E-state index in [-0.39, 0.29) is 6.10 Å². The van der Waals surface area contributed by atoms with Crippen molar-refractivity contribution in [3.05, 3.63) is 34.9 Å². The van der Waals surface area contributed by atoms with Crippen molar-refractivity contribution >= 4 is 6.21 Å². The Morgan fingerprint density at radius 2 is 1.88 bits per heavy atom. The Morgan fingerprint density at radius 1 is 1.12 bits per heavy atom. The first kappa shape index (κ1) is 18.2. The zero-order valence-electron chi connectivity index (χ0n) is 17.0. The molecular weight excluding hydrogens is 318 g/mol. The fourth-order valence-electron chi connectivity index (χ4n) is 7.10. The van der Waals surface area contributed by atoms with Crippen molar-refractivity contribution in [1.29, 1.82) is 0 Å². The molecule has 26 heavy (non-hydrogen) atoms. The van der Waals surface area contributed by atoms with Crippen molar-refractivity contribution in [3.8, 4) is 0 Å². The van der Waals surface area contributed by atoms with Gasteiger partial charge < -0.3 is 5.11 Å². The average Bonchev–Trinajstić information content (AvgIpc) is 2.97. The van der Waals surface area contributed by atoms with Gasteiger partial charge in [0.05, 0.1) is 6.10 Å². The van der Waals surface area contributed by atoms with E-state index in [0.717, 1.165) is 30.6 Å². The fraction of sp³-hybridized carbons (Fsp3) is 0.708. The van der Waals surface area contributed by atoms with Gasteiger partial charge in [-0.1, -0.05) is 37.6 Å². The highest BCUT2D eigenvalue weighted by Crippen LogP contribution is 2.65. The van der Waals surface area contributed by atoms with Crippen molar-refractivity contribution in [1.82, 2.24) is 0 Å². The number of nitrogens with zero attached hydrogens (tertiary/aromatic N) is 1. The molecule has 0 saturated heterocycles. The van der Waals surface area contributed by atoms with Crippen molar-refractivity contribution in [2.24, 2.45) is 33.6 Å². The van der Waals surface area contributed by atoms with E-state index < -0.39 is 0 Å². The van der Waals surface area contributed by atoms with E-state index in [1.54, 1.807) is 11.1 Å². The van der Waals surface area contributed by atoms with Crippen molar-refractivity contribution < 1.29 is 5.11 Å². The molecule has 0 heterocycles. The smallest absolute Gasteiger partial charge is 0.0577 e. The second-order valence-electron chi connectivity index (χ2n) is 9.60. The molecule has 0 spiro atoms. The lowest BCUT2D eigenvalue weighted by Gasteiger charge is -2.57. The summed E-state index contributed by atoms with van der Waals surface area (Å²) in [5.41, 5.74) is 5.09. The average molecular weight is 354 g/mol. The van der Waals surface area contributed by atoms with Crippen LogP contribution in [-0.2, 0) is 0 Å². The molecule has 0 aromatic rings. The summed E-state index contributed by atoms with van der Waals surface area (Å²) in [5.74, 6) is 2.36. The lowest BCUT2D eigenvalue weighted by atomic mass is 9.47. The quantitative estimate of drug-likeness (QED) is 0.516. The summed E-state index contributed by atoms with van der Waals surface area (Å²) in [6.07, 6.45) is 17.4. The molecule has 4 aliphatic rings. The topological polar surface area (TPSA) is 32.6 Å². The third-order valence-corrected chi connectivity index (χ3v) is 8.55. The lowest BCUT2D eigenvalue weighted by Crippen LogP contribution is -2.50. The van der Waals surface area contributed by atoms with Gasteiger partial charge in [-0.05, 0) is 91.6 Å². The van der Waals surface area contributed by atoms with Crippen molar-refractivity contribution in [3.63, 3.8) is 0 Å². The molecule has 0 bridgehead atoms. The summed E-state index contributed by atoms with van der Waals surface area (Å²) in [5, 5.41) is 10.2. The number of hydrogen-bond donors (Lipinski definition) is 1. The maximum atomic E-state index is 10.2. The maximum Gasteiger partial charge on any atom is 0.0577 e. The Kier molecular flexibility index (Phi) is 4.54. The van der Waals surface area contributed by atoms with Crippen LogP contribution in [0.5, 0.6) is 0 Å². The SMILES string of the molecule is C/C=C(\C=NC)C1=CCC2C3CC=C4C[C@@H](O)CC[C@]4(C)C3CC[C@]12C. The molecule has 6 atom stereocenters. The predicted molar refractivity (Wildman–Crippen MR) is 109 cm³/mol. The predicted octanol–water partition coefficient (Wildman–Crippen LogP) is 5.49. The van der Waals surface area contributed by atoms with E-state index in [2.05, 4.69) is 44.0 Å². The molecule has 2 fully saturated rings. The standard InChI is InChI=1S/C24H35NO/c1-5-16(15-25-4)20-8-9-21-19-7-6-17-14-18(26)10-12-23(17,2)22(19)11-13-24(20,21)3/h5-6,8,15,18-19,21-22,26H,7,9-14H2,1-4H3/b16-5+,25-15?/t18-,19?,21?,22?,23-,24+/m0/s1. The van der Waals surface area contributed by atoms with Gasteiger partial charge in [0.2, 0.25) is 0 Å². The lowest BCUT2D eigenvalue weighted by molar-refractivity contribution is -0.0286. The van der Waals surface area contributed by atoms with Crippen LogP contribution in [0.4, 0.5) is 0 Å². The maximum absolute atomic E-state index is 10.2. The summed E-state index contributed by atoms with van der Waals surface area (Å²) in [6.45, 7) is 7.17. The number of allylic oxidation sites excluding steroid dienone is 5. The van der Waals surface area contributed by atoms with Gasteiger partial charge >= 0.3 is 0 Å². The number of rotatable bonds is 2. The van der Waals surface area contributed by atoms with Crippen molar-refractivity contribution in [2.75, 3.05) is 7.05 Å². The fourth-order valence-corrected chi connectivity index (χ4v) is 7.10. The van der Waals surface area contributed by atoms with Crippen LogP contribution >= 0.6 is 0 Å². The highest BCUT2D eigenvalue weighted by atomic mass is 16.3. The highest BCUT2D eigenvalue weighted by molar-refractivity contribution is 5.85. The molecule has 3 unspecified atom stereocenters. The number of aliphatic hydroxyl groups excluding tert-OH is 1. The van der Waals surface area contributed by atoms with Crippen LogP contribution in [0.15, 0.2) is 39.9 Å². The van der Waals surface area contributed by atoms with Gasteiger partial charge in [-0.3, -0.25) is 4.99 Å². The first-order valence-corrected chi connectivity index (χ1v) is 10.6. The number of fused-ring (bicyclic) bond motifs is 5. The molecule has 2 nitrogen and oxygen atoms in total. The Balaban J connectivity index is 1.65. The van der Waals surface area contributed by atoms with Gasteiger partial charge in [-0.25, -0.2) is 0 Å². The normalized spacial score (nSPS) is 45.7. The third-order valence-electron chi connectivity index (χ3n) is 8.55. The Hall–Kier alpha value is -1.15. The van der Waals surface area contributed by atoms with Crippen molar-refractivity contribution in [2.45, 2.75) is 71.8 Å². The zero-order valence-corrected chi connectivity index (χ0v) is 17.0. The molecule has 0 aliphatic heterocycles. The molecule has 0 aromatic carbocycles. The first-order chi connectivity index (χ1) is 12.4. The Bertz CT molecular complexity index is 699. The monoisotopic (exact) mass is 353 g/mol. The van der Waals surface area contributed by atoms with Gasteiger partial charge in [0, 0.05) is 13.3 Å². The summed E-state index contributed by atoms with van der Waals surface area (Å²) in [4.78, 5) is 4.31. The van der Waals surface area contributed by atoms with Crippen LogP contribution < -0.4 is 0 Å². The molecule has 1 N–H and O–H groups in total. The van der Waals surface area contributed by atoms with E-state index >= 15 is 0 Å². The van der Waals surface area contributed by atoms with E-state index in [1.807, 2.05) is 13.3 Å². The van der Waals surface area contributed by atoms with E-state index in [4.69, 9.17) is 0 Å². The van der Waals surface area contributed by atoms with Crippen LogP contribution in [0.2, 0.25) is 0 Å². The van der Waals surface area contributed by atoms with Gasteiger partial charge in [0.15, 0.2) is 0 Å². The van der Waals surface area contributed by atoms with Crippen LogP contribution in [-0.4, -0.2) is 24.5 Å². The largest absolute Gasteiger partial charge is 0.393 e. The molecule has 0 radical (unpaired) electrons. The molecule has 2 saturated carbocycles. The van der Waals surface area contributed by atoms with Gasteiger partial charge in [0.1, 0.15) is 0 Å². The number of aliphatic hydroxyl groups is 1. The molecule has 0 aromatic heterocycles. The number of hydrogen-bond acceptors (Lipinski definition) is 2. The molecule has 142 valence electrons. The van der Waals surface area contributed by atoms with E-state index in [9.17, 15) is 5.11 Å². The molecule has 4 aliphatic carbocycles.